The van der Waals surface area contributed by atoms with Crippen molar-refractivity contribution in [2.75, 3.05) is 6.54 Å². The quantitative estimate of drug-likeness (QED) is 0.204. The Morgan fingerprint density at radius 2 is 1.81 bits per heavy atom. The van der Waals surface area contributed by atoms with Crippen molar-refractivity contribution in [2.24, 2.45) is 0 Å². The first-order chi connectivity index (χ1) is 12.4. The molecule has 0 aromatic heterocycles. The highest BCUT2D eigenvalue weighted by Crippen LogP contribution is 2.22. The van der Waals surface area contributed by atoms with E-state index in [2.05, 4.69) is 29.5 Å². The van der Waals surface area contributed by atoms with Gasteiger partial charge in [-0.3, -0.25) is 4.79 Å². The molecule has 0 bridgehead atoms. The number of thiol groups is 1. The normalized spacial score (nSPS) is 12.7. The molecule has 0 aliphatic carbocycles. The van der Waals surface area contributed by atoms with Crippen molar-refractivity contribution in [3.63, 3.8) is 0 Å². The van der Waals surface area contributed by atoms with Gasteiger partial charge in [-0.15, -0.1) is 11.8 Å². The van der Waals surface area contributed by atoms with Gasteiger partial charge in [-0.25, -0.2) is 4.84 Å². The summed E-state index contributed by atoms with van der Waals surface area (Å²) in [6, 6.07) is 13.1. The largest absolute Gasteiger partial charge is 0.489 e. The molecule has 138 valence electrons. The standard InChI is InChI=1S/C18H19FN2O4S/c1-2-3-12-20-18(22)15-6-4-14(5-7-15)13-24-16-8-10-17(11-9-16)25-21(19,23)26/h2,4-11,23,26H,1,3,12-13H2/p+1. The van der Waals surface area contributed by atoms with Crippen LogP contribution in [0, 0.1) is 0 Å². The maximum Gasteiger partial charge on any atom is 0.251 e. The molecule has 8 heteroatoms. The number of rotatable bonds is 9. The van der Waals surface area contributed by atoms with Crippen LogP contribution in [0.2, 0.25) is 0 Å². The van der Waals surface area contributed by atoms with E-state index in [0.717, 1.165) is 12.0 Å². The van der Waals surface area contributed by atoms with E-state index in [0.29, 0.717) is 24.5 Å². The number of nitrogens with one attached hydrogen (secondary N) is 1. The van der Waals surface area contributed by atoms with Crippen molar-refractivity contribution in [1.29, 1.82) is 0 Å². The van der Waals surface area contributed by atoms with Crippen molar-refractivity contribution in [2.45, 2.75) is 13.0 Å². The van der Waals surface area contributed by atoms with Gasteiger partial charge >= 0.3 is 0 Å². The van der Waals surface area contributed by atoms with E-state index in [1.807, 2.05) is 12.1 Å². The van der Waals surface area contributed by atoms with Crippen LogP contribution >= 0.6 is 12.8 Å². The molecule has 1 atom stereocenters. The second-order valence-electron chi connectivity index (χ2n) is 5.35. The summed E-state index contributed by atoms with van der Waals surface area (Å²) in [5.41, 5.74) is 1.46. The third-order valence-corrected chi connectivity index (χ3v) is 3.38. The number of benzene rings is 2. The Morgan fingerprint density at radius 3 is 2.38 bits per heavy atom. The number of halogens is 1. The fourth-order valence-corrected chi connectivity index (χ4v) is 2.13. The predicted octanol–water partition coefficient (Wildman–Crippen LogP) is 3.80. The van der Waals surface area contributed by atoms with Crippen LogP contribution in [-0.4, -0.2) is 22.1 Å². The van der Waals surface area contributed by atoms with Gasteiger partial charge in [0.05, 0.1) is 0 Å². The smallest absolute Gasteiger partial charge is 0.251 e. The van der Waals surface area contributed by atoms with E-state index in [4.69, 9.17) is 9.94 Å². The van der Waals surface area contributed by atoms with Crippen molar-refractivity contribution in [3.05, 3.63) is 72.3 Å². The SMILES string of the molecule is C=CCCNC(=O)c1ccc(COc2ccc(O[N+](O)(F)S)cc2)cc1. The molecule has 2 N–H and O–H groups in total. The van der Waals surface area contributed by atoms with Gasteiger partial charge in [0.2, 0.25) is 10.2 Å². The Balaban J connectivity index is 1.85. The number of hydrogen-bond acceptors (Lipinski definition) is 5. The van der Waals surface area contributed by atoms with Gasteiger partial charge in [0.25, 0.3) is 5.91 Å². The fraction of sp³-hybridized carbons (Fsp3) is 0.167. The van der Waals surface area contributed by atoms with Crippen LogP contribution in [0.5, 0.6) is 11.5 Å². The molecule has 0 spiro atoms. The molecule has 0 aliphatic rings. The second kappa shape index (κ2) is 9.23. The van der Waals surface area contributed by atoms with Gasteiger partial charge in [0.1, 0.15) is 16.8 Å². The lowest BCUT2D eigenvalue weighted by Crippen LogP contribution is -2.27. The number of carbonyl (C=O) groups excluding carboxylic acids is 1. The summed E-state index contributed by atoms with van der Waals surface area (Å²) in [5.74, 6) is 0.493. The molecule has 0 radical (unpaired) electrons. The van der Waals surface area contributed by atoms with E-state index in [9.17, 15) is 9.28 Å². The summed E-state index contributed by atoms with van der Waals surface area (Å²) < 4.78 is 16.0. The number of carbonyl (C=O) groups is 1. The molecule has 0 saturated heterocycles. The molecular weight excluding hydrogens is 359 g/mol. The fourth-order valence-electron chi connectivity index (χ4n) is 2.04. The first-order valence-corrected chi connectivity index (χ1v) is 8.22. The molecule has 2 aromatic rings. The summed E-state index contributed by atoms with van der Waals surface area (Å²) >= 11 is 3.17. The van der Waals surface area contributed by atoms with Crippen molar-refractivity contribution < 1.29 is 28.5 Å². The molecular formula is C18H20FN2O4S+. The molecule has 0 aliphatic heterocycles. The molecule has 0 fully saturated rings. The Labute approximate surface area is 156 Å². The summed E-state index contributed by atoms with van der Waals surface area (Å²) in [6.45, 7) is 4.46. The number of nitrogens with zero attached hydrogens (tertiary/aromatic N) is 1. The van der Waals surface area contributed by atoms with E-state index < -0.39 is 4.44 Å². The van der Waals surface area contributed by atoms with Crippen LogP contribution < -0.4 is 14.9 Å². The van der Waals surface area contributed by atoms with Crippen molar-refractivity contribution in [3.8, 4) is 11.5 Å². The number of hydrogen-bond donors (Lipinski definition) is 3. The molecule has 2 aromatic carbocycles. The third-order valence-electron chi connectivity index (χ3n) is 3.30. The third kappa shape index (κ3) is 6.75. The highest BCUT2D eigenvalue weighted by molar-refractivity contribution is 7.73. The van der Waals surface area contributed by atoms with Crippen molar-refractivity contribution >= 4 is 18.7 Å². The number of amides is 1. The minimum Gasteiger partial charge on any atom is -0.489 e. The summed E-state index contributed by atoms with van der Waals surface area (Å²) in [6.07, 6.45) is 2.47. The molecule has 0 saturated carbocycles. The van der Waals surface area contributed by atoms with Crippen LogP contribution in [0.1, 0.15) is 22.3 Å². The second-order valence-corrected chi connectivity index (χ2v) is 5.85. The maximum atomic E-state index is 12.8. The zero-order chi connectivity index (χ0) is 19.0. The lowest BCUT2D eigenvalue weighted by Gasteiger charge is -2.10. The monoisotopic (exact) mass is 379 g/mol. The molecule has 1 unspecified atom stereocenters. The Morgan fingerprint density at radius 1 is 1.19 bits per heavy atom. The first-order valence-electron chi connectivity index (χ1n) is 7.82. The highest BCUT2D eigenvalue weighted by atomic mass is 32.1. The lowest BCUT2D eigenvalue weighted by molar-refractivity contribution is -1.22. The molecule has 1 amide bonds. The molecule has 6 nitrogen and oxygen atoms in total. The topological polar surface area (TPSA) is 67.8 Å². The van der Waals surface area contributed by atoms with Gasteiger partial charge in [-0.2, -0.15) is 0 Å². The number of quaternary nitrogens is 1. The summed E-state index contributed by atoms with van der Waals surface area (Å²) in [5, 5.41) is 11.6. The van der Waals surface area contributed by atoms with Crippen LogP contribution in [0.3, 0.4) is 0 Å². The Hall–Kier alpha value is -2.55. The Kier molecular flexibility index (Phi) is 7.02. The minimum absolute atomic E-state index is 0.0872. The first kappa shape index (κ1) is 19.8. The Bertz CT molecular complexity index is 730. The predicted molar refractivity (Wildman–Crippen MR) is 97.1 cm³/mol. The molecule has 26 heavy (non-hydrogen) atoms. The molecule has 2 rings (SSSR count). The van der Waals surface area contributed by atoms with E-state index in [1.165, 1.54) is 12.1 Å². The average Bonchev–Trinajstić information content (AvgIpc) is 2.60. The summed E-state index contributed by atoms with van der Waals surface area (Å²) in [7, 11) is 0. The minimum atomic E-state index is -2.41. The van der Waals surface area contributed by atoms with Crippen LogP contribution in [0.25, 0.3) is 0 Å². The number of ether oxygens (including phenoxy) is 1. The van der Waals surface area contributed by atoms with Gasteiger partial charge in [-0.1, -0.05) is 18.2 Å². The van der Waals surface area contributed by atoms with E-state index in [-0.39, 0.29) is 11.7 Å². The van der Waals surface area contributed by atoms with Crippen LogP contribution in [-0.2, 0) is 6.61 Å². The maximum absolute atomic E-state index is 12.8. The van der Waals surface area contributed by atoms with Crippen LogP contribution in [0.4, 0.5) is 4.48 Å². The van der Waals surface area contributed by atoms with Gasteiger partial charge < -0.3 is 10.1 Å². The van der Waals surface area contributed by atoms with E-state index in [1.54, 1.807) is 30.3 Å². The molecule has 0 heterocycles. The highest BCUT2D eigenvalue weighted by Gasteiger charge is 2.24. The van der Waals surface area contributed by atoms with Gasteiger partial charge in [0.15, 0.2) is 12.8 Å². The zero-order valence-corrected chi connectivity index (χ0v) is 14.9. The summed E-state index contributed by atoms with van der Waals surface area (Å²) in [4.78, 5) is 16.4. The van der Waals surface area contributed by atoms with Gasteiger partial charge in [-0.05, 0) is 48.4 Å². The van der Waals surface area contributed by atoms with Crippen LogP contribution in [0.15, 0.2) is 61.2 Å². The van der Waals surface area contributed by atoms with Crippen molar-refractivity contribution in [1.82, 2.24) is 5.32 Å². The van der Waals surface area contributed by atoms with E-state index >= 15 is 0 Å². The van der Waals surface area contributed by atoms with Gasteiger partial charge in [0, 0.05) is 12.1 Å². The average molecular weight is 379 g/mol. The lowest BCUT2D eigenvalue weighted by atomic mass is 10.1. The zero-order valence-electron chi connectivity index (χ0n) is 14.0.